The van der Waals surface area contributed by atoms with Crippen molar-refractivity contribution in [1.82, 2.24) is 5.32 Å². The predicted molar refractivity (Wildman–Crippen MR) is 59.8 cm³/mol. The van der Waals surface area contributed by atoms with E-state index in [0.29, 0.717) is 0 Å². The Labute approximate surface area is 89.5 Å². The van der Waals surface area contributed by atoms with E-state index in [0.717, 1.165) is 19.7 Å². The van der Waals surface area contributed by atoms with E-state index < -0.39 is 0 Å². The molecule has 3 aliphatic rings. The fourth-order valence-electron chi connectivity index (χ4n) is 2.56. The summed E-state index contributed by atoms with van der Waals surface area (Å²) in [6, 6.07) is 0. The zero-order valence-corrected chi connectivity index (χ0v) is 9.29. The highest BCUT2D eigenvalue weighted by Gasteiger charge is 2.39. The van der Waals surface area contributed by atoms with Gasteiger partial charge in [-0.25, -0.2) is 0 Å². The maximum atomic E-state index is 6.00. The average molecular weight is 211 g/mol. The Morgan fingerprint density at radius 3 is 2.86 bits per heavy atom. The second-order valence-corrected chi connectivity index (χ2v) is 5.68. The summed E-state index contributed by atoms with van der Waals surface area (Å²) < 4.78 is 6.00. The van der Waals surface area contributed by atoms with Gasteiger partial charge in [0, 0.05) is 18.8 Å². The van der Waals surface area contributed by atoms with Gasteiger partial charge < -0.3 is 10.1 Å². The van der Waals surface area contributed by atoms with Gasteiger partial charge in [-0.05, 0) is 30.6 Å². The second kappa shape index (κ2) is 3.54. The molecule has 3 heteroatoms. The van der Waals surface area contributed by atoms with Gasteiger partial charge in [0.25, 0.3) is 0 Å². The number of ether oxygens (including phenoxy) is 1. The monoisotopic (exact) mass is 211 g/mol. The van der Waals surface area contributed by atoms with E-state index in [1.807, 2.05) is 0 Å². The second-order valence-electron chi connectivity index (χ2n) is 4.57. The lowest BCUT2D eigenvalue weighted by atomic mass is 9.85. The third-order valence-electron chi connectivity index (χ3n) is 3.59. The summed E-state index contributed by atoms with van der Waals surface area (Å²) in [6.45, 7) is 3.23. The SMILES string of the molecule is C1CC(=C2CNC2)CC2(CCSC2)O1. The molecule has 3 rings (SSSR count). The molecule has 3 saturated heterocycles. The van der Waals surface area contributed by atoms with Crippen LogP contribution in [0, 0.1) is 0 Å². The van der Waals surface area contributed by atoms with E-state index in [9.17, 15) is 0 Å². The number of hydrogen-bond donors (Lipinski definition) is 1. The lowest BCUT2D eigenvalue weighted by Gasteiger charge is -2.37. The molecule has 78 valence electrons. The Kier molecular flexibility index (Phi) is 2.34. The van der Waals surface area contributed by atoms with Crippen molar-refractivity contribution in [2.45, 2.75) is 24.9 Å². The molecule has 3 fully saturated rings. The largest absolute Gasteiger partial charge is 0.373 e. The molecule has 3 aliphatic heterocycles. The molecule has 1 unspecified atom stereocenters. The van der Waals surface area contributed by atoms with Crippen molar-refractivity contribution in [3.63, 3.8) is 0 Å². The first-order valence-electron chi connectivity index (χ1n) is 5.50. The fraction of sp³-hybridized carbons (Fsp3) is 0.818. The van der Waals surface area contributed by atoms with Gasteiger partial charge in [-0.3, -0.25) is 0 Å². The molecule has 0 aromatic carbocycles. The van der Waals surface area contributed by atoms with E-state index in [-0.39, 0.29) is 5.60 Å². The molecule has 1 N–H and O–H groups in total. The van der Waals surface area contributed by atoms with Crippen molar-refractivity contribution >= 4 is 11.8 Å². The van der Waals surface area contributed by atoms with Crippen molar-refractivity contribution in [2.24, 2.45) is 0 Å². The number of thioether (sulfide) groups is 1. The molecule has 0 radical (unpaired) electrons. The summed E-state index contributed by atoms with van der Waals surface area (Å²) in [5.41, 5.74) is 3.61. The summed E-state index contributed by atoms with van der Waals surface area (Å²) in [5.74, 6) is 2.51. The van der Waals surface area contributed by atoms with E-state index in [2.05, 4.69) is 17.1 Å². The van der Waals surface area contributed by atoms with E-state index in [1.165, 1.54) is 30.8 Å². The summed E-state index contributed by atoms with van der Waals surface area (Å²) >= 11 is 2.06. The third-order valence-corrected chi connectivity index (χ3v) is 4.81. The standard InChI is InChI=1S/C11H17NOS/c1-3-13-11(2-4-14-8-11)5-9(1)10-6-12-7-10/h12H,1-8H2. The Bertz CT molecular complexity index is 262. The van der Waals surface area contributed by atoms with Gasteiger partial charge >= 0.3 is 0 Å². The van der Waals surface area contributed by atoms with Gasteiger partial charge in [-0.15, -0.1) is 0 Å². The van der Waals surface area contributed by atoms with Crippen LogP contribution in [0.2, 0.25) is 0 Å². The first-order valence-corrected chi connectivity index (χ1v) is 6.66. The van der Waals surface area contributed by atoms with Crippen LogP contribution in [0.3, 0.4) is 0 Å². The molecule has 0 aromatic heterocycles. The fourth-order valence-corrected chi connectivity index (χ4v) is 3.93. The molecule has 0 saturated carbocycles. The van der Waals surface area contributed by atoms with E-state index in [1.54, 1.807) is 11.1 Å². The zero-order valence-electron chi connectivity index (χ0n) is 8.47. The predicted octanol–water partition coefficient (Wildman–Crippen LogP) is 1.57. The van der Waals surface area contributed by atoms with Crippen molar-refractivity contribution in [1.29, 1.82) is 0 Å². The highest BCUT2D eigenvalue weighted by molar-refractivity contribution is 7.99. The first-order chi connectivity index (χ1) is 6.88. The van der Waals surface area contributed by atoms with Crippen molar-refractivity contribution in [2.75, 3.05) is 31.2 Å². The minimum atomic E-state index is 0.237. The Morgan fingerprint density at radius 2 is 2.21 bits per heavy atom. The minimum absolute atomic E-state index is 0.237. The van der Waals surface area contributed by atoms with Gasteiger partial charge in [0.15, 0.2) is 0 Å². The quantitative estimate of drug-likeness (QED) is 0.615. The molecule has 1 spiro atoms. The summed E-state index contributed by atoms with van der Waals surface area (Å²) in [7, 11) is 0. The van der Waals surface area contributed by atoms with Crippen LogP contribution in [0.15, 0.2) is 11.1 Å². The molecule has 0 aromatic rings. The average Bonchev–Trinajstić information content (AvgIpc) is 2.50. The molecule has 1 atom stereocenters. The molecular weight excluding hydrogens is 194 g/mol. The van der Waals surface area contributed by atoms with Gasteiger partial charge in [-0.1, -0.05) is 5.57 Å². The van der Waals surface area contributed by atoms with Crippen molar-refractivity contribution in [3.8, 4) is 0 Å². The molecule has 3 heterocycles. The molecule has 0 aliphatic carbocycles. The summed E-state index contributed by atoms with van der Waals surface area (Å²) in [5, 5.41) is 3.33. The smallest absolute Gasteiger partial charge is 0.0817 e. The van der Waals surface area contributed by atoms with Gasteiger partial charge in [0.05, 0.1) is 12.2 Å². The Hall–Kier alpha value is 0.01000. The van der Waals surface area contributed by atoms with Crippen LogP contribution in [-0.4, -0.2) is 36.8 Å². The van der Waals surface area contributed by atoms with Crippen molar-refractivity contribution in [3.05, 3.63) is 11.1 Å². The Morgan fingerprint density at radius 1 is 1.29 bits per heavy atom. The van der Waals surface area contributed by atoms with Gasteiger partial charge in [0.2, 0.25) is 0 Å². The molecule has 14 heavy (non-hydrogen) atoms. The molecule has 0 amide bonds. The lowest BCUT2D eigenvalue weighted by Crippen LogP contribution is -2.41. The van der Waals surface area contributed by atoms with Gasteiger partial charge in [-0.2, -0.15) is 11.8 Å². The first kappa shape index (κ1) is 9.25. The zero-order chi connectivity index (χ0) is 9.43. The van der Waals surface area contributed by atoms with E-state index in [4.69, 9.17) is 4.74 Å². The minimum Gasteiger partial charge on any atom is -0.373 e. The normalized spacial score (nSPS) is 37.7. The van der Waals surface area contributed by atoms with Crippen LogP contribution in [-0.2, 0) is 4.74 Å². The lowest BCUT2D eigenvalue weighted by molar-refractivity contribution is -0.0419. The van der Waals surface area contributed by atoms with Crippen LogP contribution >= 0.6 is 11.8 Å². The maximum Gasteiger partial charge on any atom is 0.0817 e. The van der Waals surface area contributed by atoms with Crippen LogP contribution in [0.1, 0.15) is 19.3 Å². The van der Waals surface area contributed by atoms with Crippen molar-refractivity contribution < 1.29 is 4.74 Å². The summed E-state index contributed by atoms with van der Waals surface area (Å²) in [4.78, 5) is 0. The van der Waals surface area contributed by atoms with E-state index >= 15 is 0 Å². The number of hydrogen-bond acceptors (Lipinski definition) is 3. The molecule has 0 bridgehead atoms. The Balaban J connectivity index is 1.77. The number of nitrogens with one attached hydrogen (secondary N) is 1. The third kappa shape index (κ3) is 1.51. The van der Waals surface area contributed by atoms with Crippen LogP contribution in [0.4, 0.5) is 0 Å². The summed E-state index contributed by atoms with van der Waals surface area (Å²) in [6.07, 6.45) is 3.67. The number of rotatable bonds is 0. The topological polar surface area (TPSA) is 21.3 Å². The van der Waals surface area contributed by atoms with Crippen LogP contribution < -0.4 is 5.32 Å². The highest BCUT2D eigenvalue weighted by atomic mass is 32.2. The van der Waals surface area contributed by atoms with Gasteiger partial charge in [0.1, 0.15) is 0 Å². The maximum absolute atomic E-state index is 6.00. The van der Waals surface area contributed by atoms with Crippen LogP contribution in [0.25, 0.3) is 0 Å². The molecular formula is C11H17NOS. The van der Waals surface area contributed by atoms with Crippen LogP contribution in [0.5, 0.6) is 0 Å². The molecule has 2 nitrogen and oxygen atoms in total. The highest BCUT2D eigenvalue weighted by Crippen LogP contribution is 2.41.